The van der Waals surface area contributed by atoms with E-state index < -0.39 is 21.8 Å². The summed E-state index contributed by atoms with van der Waals surface area (Å²) < 4.78 is 69.6. The van der Waals surface area contributed by atoms with Gasteiger partial charge in [0.15, 0.2) is 0 Å². The van der Waals surface area contributed by atoms with Crippen LogP contribution in [0, 0.1) is 0 Å². The van der Waals surface area contributed by atoms with Crippen LogP contribution in [0.1, 0.15) is 19.4 Å². The second-order valence-corrected chi connectivity index (χ2v) is 7.00. The molecule has 0 heterocycles. The quantitative estimate of drug-likeness (QED) is 0.866. The van der Waals surface area contributed by atoms with Crippen LogP contribution in [0.15, 0.2) is 53.4 Å². The maximum Gasteiger partial charge on any atom is 0.416 e. The molecule has 24 heavy (non-hydrogen) atoms. The molecule has 0 saturated heterocycles. The lowest BCUT2D eigenvalue weighted by Crippen LogP contribution is -2.13. The molecule has 0 fully saturated rings. The monoisotopic (exact) mass is 359 g/mol. The van der Waals surface area contributed by atoms with Gasteiger partial charge in [0.25, 0.3) is 10.0 Å². The van der Waals surface area contributed by atoms with Crippen molar-refractivity contribution in [2.24, 2.45) is 0 Å². The summed E-state index contributed by atoms with van der Waals surface area (Å²) in [6.45, 7) is 3.69. The Bertz CT molecular complexity index is 783. The van der Waals surface area contributed by atoms with E-state index >= 15 is 0 Å². The summed E-state index contributed by atoms with van der Waals surface area (Å²) >= 11 is 0. The Kier molecular flexibility index (Phi) is 5.08. The third-order valence-corrected chi connectivity index (χ3v) is 4.37. The Balaban J connectivity index is 2.16. The fraction of sp³-hybridized carbons (Fsp3) is 0.250. The molecule has 4 nitrogen and oxygen atoms in total. The van der Waals surface area contributed by atoms with Crippen LogP contribution in [0.2, 0.25) is 0 Å². The van der Waals surface area contributed by atoms with Gasteiger partial charge in [0.05, 0.1) is 16.6 Å². The van der Waals surface area contributed by atoms with Crippen LogP contribution < -0.4 is 9.46 Å². The van der Waals surface area contributed by atoms with E-state index in [1.165, 1.54) is 24.3 Å². The molecule has 0 saturated carbocycles. The molecule has 0 bridgehead atoms. The highest BCUT2D eigenvalue weighted by Crippen LogP contribution is 2.30. The van der Waals surface area contributed by atoms with Gasteiger partial charge in [-0.05, 0) is 62.4 Å². The van der Waals surface area contributed by atoms with Gasteiger partial charge in [-0.2, -0.15) is 13.2 Å². The highest BCUT2D eigenvalue weighted by atomic mass is 32.2. The number of benzene rings is 2. The standard InChI is InChI=1S/C16H16F3NO3S/c1-11(2)23-14-7-9-15(10-8-14)24(21,22)20-13-5-3-12(4-6-13)16(17,18)19/h3-11,20H,1-2H3. The van der Waals surface area contributed by atoms with Crippen molar-refractivity contribution in [1.82, 2.24) is 0 Å². The first-order chi connectivity index (χ1) is 11.1. The first kappa shape index (κ1) is 18.1. The molecule has 0 spiro atoms. The molecule has 0 radical (unpaired) electrons. The highest BCUT2D eigenvalue weighted by molar-refractivity contribution is 7.92. The number of rotatable bonds is 5. The maximum atomic E-state index is 12.5. The van der Waals surface area contributed by atoms with Crippen LogP contribution in [0.5, 0.6) is 5.75 Å². The zero-order valence-corrected chi connectivity index (χ0v) is 13.8. The van der Waals surface area contributed by atoms with Crippen molar-refractivity contribution in [2.75, 3.05) is 4.72 Å². The second-order valence-electron chi connectivity index (χ2n) is 5.32. The Hall–Kier alpha value is -2.22. The molecule has 130 valence electrons. The Labute approximate surface area is 138 Å². The van der Waals surface area contributed by atoms with Gasteiger partial charge in [-0.15, -0.1) is 0 Å². The van der Waals surface area contributed by atoms with Gasteiger partial charge in [0, 0.05) is 5.69 Å². The summed E-state index contributed by atoms with van der Waals surface area (Å²) in [5.74, 6) is 0.526. The molecule has 2 rings (SSSR count). The number of anilines is 1. The van der Waals surface area contributed by atoms with Crippen molar-refractivity contribution < 1.29 is 26.3 Å². The van der Waals surface area contributed by atoms with Gasteiger partial charge in [0.2, 0.25) is 0 Å². The molecule has 8 heteroatoms. The van der Waals surface area contributed by atoms with Crippen molar-refractivity contribution in [3.63, 3.8) is 0 Å². The molecular formula is C16H16F3NO3S. The summed E-state index contributed by atoms with van der Waals surface area (Å²) in [4.78, 5) is -0.0153. The Morgan fingerprint density at radius 1 is 0.958 bits per heavy atom. The van der Waals surface area contributed by atoms with E-state index in [9.17, 15) is 21.6 Å². The average molecular weight is 359 g/mol. The number of nitrogens with one attached hydrogen (secondary N) is 1. The van der Waals surface area contributed by atoms with E-state index in [-0.39, 0.29) is 16.7 Å². The van der Waals surface area contributed by atoms with E-state index in [4.69, 9.17) is 4.74 Å². The number of hydrogen-bond donors (Lipinski definition) is 1. The minimum atomic E-state index is -4.47. The zero-order chi connectivity index (χ0) is 18.0. The van der Waals surface area contributed by atoms with Gasteiger partial charge in [-0.25, -0.2) is 8.42 Å². The molecular weight excluding hydrogens is 343 g/mol. The predicted molar refractivity (Wildman–Crippen MR) is 84.5 cm³/mol. The van der Waals surface area contributed by atoms with E-state index in [0.29, 0.717) is 5.75 Å². The molecule has 2 aromatic rings. The van der Waals surface area contributed by atoms with Gasteiger partial charge in [-0.3, -0.25) is 4.72 Å². The number of sulfonamides is 1. The fourth-order valence-electron chi connectivity index (χ4n) is 1.91. The zero-order valence-electron chi connectivity index (χ0n) is 13.0. The topological polar surface area (TPSA) is 55.4 Å². The van der Waals surface area contributed by atoms with Crippen molar-refractivity contribution in [3.05, 3.63) is 54.1 Å². The largest absolute Gasteiger partial charge is 0.491 e. The highest BCUT2D eigenvalue weighted by Gasteiger charge is 2.30. The summed E-state index contributed by atoms with van der Waals surface area (Å²) in [5.41, 5.74) is -0.800. The second kappa shape index (κ2) is 6.72. The summed E-state index contributed by atoms with van der Waals surface area (Å²) in [5, 5.41) is 0. The number of alkyl halides is 3. The van der Waals surface area contributed by atoms with Gasteiger partial charge < -0.3 is 4.74 Å². The number of hydrogen-bond acceptors (Lipinski definition) is 3. The van der Waals surface area contributed by atoms with Gasteiger partial charge >= 0.3 is 6.18 Å². The maximum absolute atomic E-state index is 12.5. The van der Waals surface area contributed by atoms with Crippen LogP contribution in [0.25, 0.3) is 0 Å². The molecule has 1 N–H and O–H groups in total. The summed E-state index contributed by atoms with van der Waals surface area (Å²) in [7, 11) is -3.89. The van der Waals surface area contributed by atoms with Crippen LogP contribution in [-0.2, 0) is 16.2 Å². The van der Waals surface area contributed by atoms with Gasteiger partial charge in [-0.1, -0.05) is 0 Å². The van der Waals surface area contributed by atoms with E-state index in [1.54, 1.807) is 0 Å². The van der Waals surface area contributed by atoms with E-state index in [0.717, 1.165) is 24.3 Å². The molecule has 2 aromatic carbocycles. The fourth-order valence-corrected chi connectivity index (χ4v) is 2.97. The minimum Gasteiger partial charge on any atom is -0.491 e. The van der Waals surface area contributed by atoms with Crippen LogP contribution in [-0.4, -0.2) is 14.5 Å². The third-order valence-electron chi connectivity index (χ3n) is 2.97. The van der Waals surface area contributed by atoms with Crippen molar-refractivity contribution >= 4 is 15.7 Å². The number of ether oxygens (including phenoxy) is 1. The van der Waals surface area contributed by atoms with Gasteiger partial charge in [0.1, 0.15) is 5.75 Å². The first-order valence-electron chi connectivity index (χ1n) is 7.05. The van der Waals surface area contributed by atoms with Crippen molar-refractivity contribution in [3.8, 4) is 5.75 Å². The average Bonchev–Trinajstić information content (AvgIpc) is 2.46. The third kappa shape index (κ3) is 4.64. The minimum absolute atomic E-state index is 0.0153. The van der Waals surface area contributed by atoms with Crippen molar-refractivity contribution in [1.29, 1.82) is 0 Å². The summed E-state index contributed by atoms with van der Waals surface area (Å²) in [6.07, 6.45) is -4.51. The molecule has 0 unspecified atom stereocenters. The lowest BCUT2D eigenvalue weighted by molar-refractivity contribution is -0.137. The molecule has 0 aliphatic carbocycles. The smallest absolute Gasteiger partial charge is 0.416 e. The van der Waals surface area contributed by atoms with E-state index in [1.807, 2.05) is 13.8 Å². The normalized spacial score (nSPS) is 12.2. The number of halogens is 3. The van der Waals surface area contributed by atoms with Crippen LogP contribution in [0.3, 0.4) is 0 Å². The van der Waals surface area contributed by atoms with Crippen LogP contribution in [0.4, 0.5) is 18.9 Å². The Morgan fingerprint density at radius 2 is 1.50 bits per heavy atom. The molecule has 0 atom stereocenters. The first-order valence-corrected chi connectivity index (χ1v) is 8.53. The van der Waals surface area contributed by atoms with Crippen LogP contribution >= 0.6 is 0 Å². The molecule has 0 aromatic heterocycles. The molecule has 0 amide bonds. The molecule has 0 aliphatic heterocycles. The van der Waals surface area contributed by atoms with E-state index in [2.05, 4.69) is 4.72 Å². The SMILES string of the molecule is CC(C)Oc1ccc(S(=O)(=O)Nc2ccc(C(F)(F)F)cc2)cc1. The lowest BCUT2D eigenvalue weighted by atomic mass is 10.2. The Morgan fingerprint density at radius 3 is 1.96 bits per heavy atom. The predicted octanol–water partition coefficient (Wildman–Crippen LogP) is 4.29. The molecule has 0 aliphatic rings. The lowest BCUT2D eigenvalue weighted by Gasteiger charge is -2.12. The van der Waals surface area contributed by atoms with Crippen molar-refractivity contribution in [2.45, 2.75) is 31.0 Å². The summed E-state index contributed by atoms with van der Waals surface area (Å²) in [6, 6.07) is 9.53.